The van der Waals surface area contributed by atoms with Gasteiger partial charge in [-0.1, -0.05) is 44.8 Å². The fourth-order valence-electron chi connectivity index (χ4n) is 6.04. The van der Waals surface area contributed by atoms with Gasteiger partial charge in [0.05, 0.1) is 6.10 Å². The number of allylic oxidation sites excluding steroid dienone is 2. The molecule has 0 unspecified atom stereocenters. The maximum absolute atomic E-state index is 14.5. The molecule has 2 saturated carbocycles. The van der Waals surface area contributed by atoms with Crippen LogP contribution < -0.4 is 4.74 Å². The van der Waals surface area contributed by atoms with Gasteiger partial charge in [-0.05, 0) is 98.9 Å². The normalized spacial score (nSPS) is 23.7. The molecule has 0 radical (unpaired) electrons. The highest BCUT2D eigenvalue weighted by molar-refractivity contribution is 5.65. The van der Waals surface area contributed by atoms with Crippen LogP contribution in [-0.2, 0) is 4.74 Å². The fraction of sp³-hybridized carbons (Fsp3) is 0.576. The summed E-state index contributed by atoms with van der Waals surface area (Å²) >= 11 is 0. The third-order valence-electron chi connectivity index (χ3n) is 8.47. The molecule has 0 heterocycles. The van der Waals surface area contributed by atoms with Crippen LogP contribution in [0.3, 0.4) is 0 Å². The average Bonchev–Trinajstić information content (AvgIpc) is 2.95. The highest BCUT2D eigenvalue weighted by Crippen LogP contribution is 2.35. The number of hydrogen-bond donors (Lipinski definition) is 0. The van der Waals surface area contributed by atoms with Gasteiger partial charge in [0.2, 0.25) is 0 Å². The Kier molecular flexibility index (Phi) is 11.2. The molecule has 0 spiro atoms. The second-order valence-corrected chi connectivity index (χ2v) is 11.6. The molecule has 226 valence electrons. The van der Waals surface area contributed by atoms with Crippen molar-refractivity contribution in [3.63, 3.8) is 0 Å². The first-order valence-electron chi connectivity index (χ1n) is 14.9. The molecule has 0 aliphatic heterocycles. The Labute approximate surface area is 239 Å². The van der Waals surface area contributed by atoms with E-state index in [9.17, 15) is 26.3 Å². The molecule has 0 amide bonds. The van der Waals surface area contributed by atoms with E-state index < -0.39 is 41.7 Å². The lowest BCUT2D eigenvalue weighted by Gasteiger charge is -2.29. The standard InChI is InChI=1S/C33H40F6O2/c1-2-3-4-5-22-6-8-23(9-7-22)10-11-24-12-14-26(15-13-24)40-21-33(38,39)41-27-16-17-28(29(34)20-27)25-18-30(35)32(37)31(36)19-25/h10-11,16-20,22-24,26H,2-9,12-15,21H2,1H3. The summed E-state index contributed by atoms with van der Waals surface area (Å²) in [5.74, 6) is -4.17. The largest absolute Gasteiger partial charge is 0.431 e. The summed E-state index contributed by atoms with van der Waals surface area (Å²) in [7, 11) is 0. The van der Waals surface area contributed by atoms with E-state index in [-0.39, 0.29) is 17.2 Å². The maximum atomic E-state index is 14.5. The number of alkyl halides is 2. The first kappa shape index (κ1) is 31.5. The molecular formula is C33H40F6O2. The summed E-state index contributed by atoms with van der Waals surface area (Å²) in [5.41, 5.74) is -0.549. The molecule has 0 atom stereocenters. The van der Waals surface area contributed by atoms with Gasteiger partial charge in [0.1, 0.15) is 11.6 Å². The Morgan fingerprint density at radius 2 is 1.39 bits per heavy atom. The Bertz CT molecular complexity index is 1130. The van der Waals surface area contributed by atoms with Crippen molar-refractivity contribution >= 4 is 0 Å². The molecule has 2 nitrogen and oxygen atoms in total. The molecule has 2 aromatic carbocycles. The average molecular weight is 583 g/mol. The van der Waals surface area contributed by atoms with E-state index in [4.69, 9.17) is 4.74 Å². The molecule has 0 saturated heterocycles. The SMILES string of the molecule is CCCCCC1CCC(C=CC2CCC(OCC(F)(F)Oc3ccc(-c4cc(F)c(F)c(F)c4)c(F)c3)CC2)CC1. The zero-order chi connectivity index (χ0) is 29.4. The third-order valence-corrected chi connectivity index (χ3v) is 8.47. The van der Waals surface area contributed by atoms with E-state index in [2.05, 4.69) is 23.8 Å². The summed E-state index contributed by atoms with van der Waals surface area (Å²) in [6.45, 7) is 1.27. The van der Waals surface area contributed by atoms with E-state index in [1.165, 1.54) is 51.4 Å². The molecule has 0 N–H and O–H groups in total. The molecule has 2 aliphatic rings. The number of halogens is 6. The van der Waals surface area contributed by atoms with Crippen LogP contribution in [0.5, 0.6) is 5.75 Å². The number of hydrogen-bond acceptors (Lipinski definition) is 2. The monoisotopic (exact) mass is 582 g/mol. The lowest BCUT2D eigenvalue weighted by Crippen LogP contribution is -2.34. The van der Waals surface area contributed by atoms with Gasteiger partial charge in [-0.15, -0.1) is 0 Å². The lowest BCUT2D eigenvalue weighted by atomic mass is 9.78. The van der Waals surface area contributed by atoms with Gasteiger partial charge in [0, 0.05) is 11.6 Å². The fourth-order valence-corrected chi connectivity index (χ4v) is 6.04. The number of unbranched alkanes of at least 4 members (excludes halogenated alkanes) is 2. The summed E-state index contributed by atoms with van der Waals surface area (Å²) in [4.78, 5) is 0. The van der Waals surface area contributed by atoms with Gasteiger partial charge in [-0.3, -0.25) is 0 Å². The zero-order valence-electron chi connectivity index (χ0n) is 23.6. The topological polar surface area (TPSA) is 18.5 Å². The summed E-state index contributed by atoms with van der Waals surface area (Å²) in [6, 6.07) is 4.05. The van der Waals surface area contributed by atoms with Crippen LogP contribution in [0.1, 0.15) is 84.0 Å². The molecule has 2 aromatic rings. The quantitative estimate of drug-likeness (QED) is 0.107. The van der Waals surface area contributed by atoms with E-state index >= 15 is 0 Å². The highest BCUT2D eigenvalue weighted by Gasteiger charge is 2.34. The summed E-state index contributed by atoms with van der Waals surface area (Å²) < 4.78 is 93.8. The predicted molar refractivity (Wildman–Crippen MR) is 148 cm³/mol. The van der Waals surface area contributed by atoms with Crippen LogP contribution in [-0.4, -0.2) is 18.8 Å². The van der Waals surface area contributed by atoms with Crippen LogP contribution in [0.25, 0.3) is 11.1 Å². The molecule has 41 heavy (non-hydrogen) atoms. The van der Waals surface area contributed by atoms with Crippen molar-refractivity contribution in [2.75, 3.05) is 6.61 Å². The number of ether oxygens (including phenoxy) is 2. The Morgan fingerprint density at radius 3 is 1.98 bits per heavy atom. The Morgan fingerprint density at radius 1 is 0.780 bits per heavy atom. The van der Waals surface area contributed by atoms with Crippen molar-refractivity contribution in [1.29, 1.82) is 0 Å². The van der Waals surface area contributed by atoms with Crippen LogP contribution in [0.2, 0.25) is 0 Å². The Balaban J connectivity index is 1.19. The van der Waals surface area contributed by atoms with Crippen molar-refractivity contribution in [3.8, 4) is 16.9 Å². The van der Waals surface area contributed by atoms with Crippen LogP contribution in [0.15, 0.2) is 42.5 Å². The minimum atomic E-state index is -3.70. The van der Waals surface area contributed by atoms with Crippen LogP contribution in [0, 0.1) is 41.0 Å². The molecule has 4 rings (SSSR count). The third kappa shape index (κ3) is 9.25. The molecule has 0 aromatic heterocycles. The van der Waals surface area contributed by atoms with E-state index in [0.29, 0.717) is 42.9 Å². The van der Waals surface area contributed by atoms with Crippen molar-refractivity contribution in [1.82, 2.24) is 0 Å². The van der Waals surface area contributed by atoms with Crippen molar-refractivity contribution < 1.29 is 35.8 Å². The first-order chi connectivity index (χ1) is 19.6. The van der Waals surface area contributed by atoms with Gasteiger partial charge < -0.3 is 9.47 Å². The maximum Gasteiger partial charge on any atom is 0.421 e. The summed E-state index contributed by atoms with van der Waals surface area (Å²) in [6.07, 6.45) is 14.3. The second kappa shape index (κ2) is 14.6. The van der Waals surface area contributed by atoms with Crippen molar-refractivity contribution in [2.24, 2.45) is 17.8 Å². The zero-order valence-corrected chi connectivity index (χ0v) is 23.6. The summed E-state index contributed by atoms with van der Waals surface area (Å²) in [5, 5.41) is 0. The van der Waals surface area contributed by atoms with Gasteiger partial charge >= 0.3 is 6.11 Å². The first-order valence-corrected chi connectivity index (χ1v) is 14.9. The van der Waals surface area contributed by atoms with Gasteiger partial charge in [-0.25, -0.2) is 17.6 Å². The van der Waals surface area contributed by atoms with E-state index in [1.54, 1.807) is 0 Å². The van der Waals surface area contributed by atoms with Crippen molar-refractivity contribution in [3.05, 3.63) is 65.8 Å². The van der Waals surface area contributed by atoms with Crippen LogP contribution in [0.4, 0.5) is 26.3 Å². The minimum absolute atomic E-state index is 0.267. The molecule has 0 bridgehead atoms. The van der Waals surface area contributed by atoms with Gasteiger partial charge in [0.15, 0.2) is 24.1 Å². The second-order valence-electron chi connectivity index (χ2n) is 11.6. The lowest BCUT2D eigenvalue weighted by molar-refractivity contribution is -0.222. The molecule has 8 heteroatoms. The van der Waals surface area contributed by atoms with E-state index in [0.717, 1.165) is 30.9 Å². The number of rotatable bonds is 12. The molecular weight excluding hydrogens is 542 g/mol. The van der Waals surface area contributed by atoms with Gasteiger partial charge in [0.25, 0.3) is 0 Å². The number of benzene rings is 2. The van der Waals surface area contributed by atoms with Crippen molar-refractivity contribution in [2.45, 2.75) is 96.2 Å². The molecule has 2 aliphatic carbocycles. The van der Waals surface area contributed by atoms with Crippen LogP contribution >= 0.6 is 0 Å². The Hall–Kier alpha value is -2.48. The predicted octanol–water partition coefficient (Wildman–Crippen LogP) is 10.4. The highest BCUT2D eigenvalue weighted by atomic mass is 19.3. The molecule has 2 fully saturated rings. The van der Waals surface area contributed by atoms with Gasteiger partial charge in [-0.2, -0.15) is 8.78 Å². The minimum Gasteiger partial charge on any atom is -0.431 e. The smallest absolute Gasteiger partial charge is 0.421 e. The van der Waals surface area contributed by atoms with E-state index in [1.807, 2.05) is 0 Å².